The first-order chi connectivity index (χ1) is 8.81. The molecule has 1 rings (SSSR count). The molecular weight excluding hydrogens is 317 g/mol. The predicted octanol–water partition coefficient (Wildman–Crippen LogP) is 2.82. The number of benzene rings is 1. The maximum Gasteiger partial charge on any atom is 0.305 e. The Hall–Kier alpha value is -1.43. The Bertz CT molecular complexity index is 491. The van der Waals surface area contributed by atoms with Crippen LogP contribution in [-0.2, 0) is 4.79 Å². The fourth-order valence-electron chi connectivity index (χ4n) is 1.56. The molecule has 4 nitrogen and oxygen atoms in total. The van der Waals surface area contributed by atoms with Gasteiger partial charge in [0.1, 0.15) is 5.82 Å². The van der Waals surface area contributed by atoms with Crippen LogP contribution in [-0.4, -0.2) is 23.0 Å². The molecule has 1 aromatic carbocycles. The summed E-state index contributed by atoms with van der Waals surface area (Å²) in [4.78, 5) is 22.7. The molecule has 1 unspecified atom stereocenters. The summed E-state index contributed by atoms with van der Waals surface area (Å²) in [5.41, 5.74) is -0.106. The molecule has 0 aliphatic rings. The van der Waals surface area contributed by atoms with Crippen LogP contribution in [0.1, 0.15) is 30.6 Å². The number of carbonyl (C=O) groups excluding carboxylic acids is 1. The maximum absolute atomic E-state index is 13.5. The van der Waals surface area contributed by atoms with E-state index in [4.69, 9.17) is 5.11 Å². The van der Waals surface area contributed by atoms with Crippen molar-refractivity contribution in [3.05, 3.63) is 34.1 Å². The van der Waals surface area contributed by atoms with Gasteiger partial charge >= 0.3 is 5.97 Å². The number of hydrogen-bond acceptors (Lipinski definition) is 2. The van der Waals surface area contributed by atoms with E-state index in [1.54, 1.807) is 13.8 Å². The lowest BCUT2D eigenvalue weighted by atomic mass is 10.0. The topological polar surface area (TPSA) is 66.4 Å². The molecule has 1 atom stereocenters. The summed E-state index contributed by atoms with van der Waals surface area (Å²) in [6.45, 7) is 3.59. The summed E-state index contributed by atoms with van der Waals surface area (Å²) >= 11 is 3.16. The molecule has 1 amide bonds. The van der Waals surface area contributed by atoms with Gasteiger partial charge in [-0.05, 0) is 24.1 Å². The van der Waals surface area contributed by atoms with Crippen LogP contribution in [0.4, 0.5) is 4.39 Å². The van der Waals surface area contributed by atoms with Gasteiger partial charge in [-0.15, -0.1) is 0 Å². The van der Waals surface area contributed by atoms with Crippen molar-refractivity contribution in [1.82, 2.24) is 5.32 Å². The van der Waals surface area contributed by atoms with Crippen molar-refractivity contribution >= 4 is 27.8 Å². The van der Waals surface area contributed by atoms with Crippen LogP contribution in [0, 0.1) is 11.7 Å². The van der Waals surface area contributed by atoms with Gasteiger partial charge in [0.05, 0.1) is 12.0 Å². The first-order valence-corrected chi connectivity index (χ1v) is 6.58. The van der Waals surface area contributed by atoms with E-state index in [-0.39, 0.29) is 17.9 Å². The third-order valence-corrected chi connectivity index (χ3v) is 3.18. The zero-order chi connectivity index (χ0) is 14.6. The Kier molecular flexibility index (Phi) is 5.47. The molecule has 0 aliphatic heterocycles. The molecule has 0 radical (unpaired) electrons. The van der Waals surface area contributed by atoms with E-state index in [0.29, 0.717) is 4.47 Å². The van der Waals surface area contributed by atoms with Gasteiger partial charge in [0.25, 0.3) is 5.91 Å². The van der Waals surface area contributed by atoms with Crippen molar-refractivity contribution < 1.29 is 19.1 Å². The van der Waals surface area contributed by atoms with Crippen molar-refractivity contribution in [3.8, 4) is 0 Å². The average Bonchev–Trinajstić information content (AvgIpc) is 2.30. The van der Waals surface area contributed by atoms with Crippen LogP contribution in [0.25, 0.3) is 0 Å². The molecule has 0 saturated heterocycles. The van der Waals surface area contributed by atoms with Gasteiger partial charge in [0, 0.05) is 10.5 Å². The van der Waals surface area contributed by atoms with Gasteiger partial charge in [-0.25, -0.2) is 4.39 Å². The van der Waals surface area contributed by atoms with Gasteiger partial charge in [-0.2, -0.15) is 0 Å². The summed E-state index contributed by atoms with van der Waals surface area (Å²) in [6, 6.07) is 3.50. The minimum Gasteiger partial charge on any atom is -0.481 e. The molecule has 19 heavy (non-hydrogen) atoms. The number of carboxylic acids is 1. The molecule has 0 fully saturated rings. The largest absolute Gasteiger partial charge is 0.481 e. The third kappa shape index (κ3) is 4.63. The fraction of sp³-hybridized carbons (Fsp3) is 0.385. The smallest absolute Gasteiger partial charge is 0.305 e. The van der Waals surface area contributed by atoms with Crippen molar-refractivity contribution in [2.24, 2.45) is 5.92 Å². The Labute approximate surface area is 119 Å². The number of halogens is 2. The zero-order valence-electron chi connectivity index (χ0n) is 10.6. The lowest BCUT2D eigenvalue weighted by Crippen LogP contribution is -2.40. The highest BCUT2D eigenvalue weighted by molar-refractivity contribution is 9.10. The minimum absolute atomic E-state index is 0.0599. The van der Waals surface area contributed by atoms with Gasteiger partial charge in [-0.3, -0.25) is 9.59 Å². The van der Waals surface area contributed by atoms with Crippen molar-refractivity contribution in [2.45, 2.75) is 26.3 Å². The monoisotopic (exact) mass is 331 g/mol. The van der Waals surface area contributed by atoms with E-state index in [1.165, 1.54) is 18.2 Å². The Morgan fingerprint density at radius 1 is 1.42 bits per heavy atom. The molecule has 1 aromatic rings. The van der Waals surface area contributed by atoms with Crippen LogP contribution < -0.4 is 5.32 Å². The van der Waals surface area contributed by atoms with E-state index in [2.05, 4.69) is 21.2 Å². The average molecular weight is 332 g/mol. The normalized spacial score (nSPS) is 12.3. The van der Waals surface area contributed by atoms with Gasteiger partial charge in [0.2, 0.25) is 0 Å². The van der Waals surface area contributed by atoms with E-state index in [9.17, 15) is 14.0 Å². The van der Waals surface area contributed by atoms with Crippen molar-refractivity contribution in [2.75, 3.05) is 0 Å². The number of amides is 1. The Morgan fingerprint density at radius 3 is 2.58 bits per heavy atom. The maximum atomic E-state index is 13.5. The van der Waals surface area contributed by atoms with Gasteiger partial charge in [0.15, 0.2) is 0 Å². The number of nitrogens with one attached hydrogen (secondary N) is 1. The molecule has 0 spiro atoms. The Morgan fingerprint density at radius 2 is 2.05 bits per heavy atom. The highest BCUT2D eigenvalue weighted by Crippen LogP contribution is 2.16. The lowest BCUT2D eigenvalue weighted by molar-refractivity contribution is -0.137. The second-order valence-corrected chi connectivity index (χ2v) is 5.46. The second-order valence-electron chi connectivity index (χ2n) is 4.55. The number of carboxylic acid groups (broad SMARTS) is 1. The summed E-state index contributed by atoms with van der Waals surface area (Å²) in [5, 5.41) is 11.3. The third-order valence-electron chi connectivity index (χ3n) is 2.69. The summed E-state index contributed by atoms with van der Waals surface area (Å²) in [5.74, 6) is -2.32. The van der Waals surface area contributed by atoms with Crippen LogP contribution in [0.5, 0.6) is 0 Å². The number of carbonyl (C=O) groups is 2. The summed E-state index contributed by atoms with van der Waals surface area (Å²) in [7, 11) is 0. The second kappa shape index (κ2) is 6.65. The number of rotatable bonds is 5. The summed E-state index contributed by atoms with van der Waals surface area (Å²) < 4.78 is 14.1. The van der Waals surface area contributed by atoms with E-state index in [0.717, 1.165) is 0 Å². The molecule has 2 N–H and O–H groups in total. The molecule has 0 aromatic heterocycles. The first kappa shape index (κ1) is 15.6. The summed E-state index contributed by atoms with van der Waals surface area (Å²) in [6.07, 6.45) is -0.195. The molecule has 104 valence electrons. The molecular formula is C13H15BrFNO3. The lowest BCUT2D eigenvalue weighted by Gasteiger charge is -2.20. The minimum atomic E-state index is -1.01. The standard InChI is InChI=1S/C13H15BrFNO3/c1-7(2)11(6-12(17)18)16-13(19)9-5-8(14)3-4-10(9)15/h3-5,7,11H,6H2,1-2H3,(H,16,19)(H,17,18). The Balaban J connectivity index is 2.87. The fourth-order valence-corrected chi connectivity index (χ4v) is 1.92. The quantitative estimate of drug-likeness (QED) is 0.871. The van der Waals surface area contributed by atoms with Gasteiger partial charge in [-0.1, -0.05) is 29.8 Å². The highest BCUT2D eigenvalue weighted by Gasteiger charge is 2.21. The van der Waals surface area contributed by atoms with Crippen LogP contribution in [0.3, 0.4) is 0 Å². The number of hydrogen-bond donors (Lipinski definition) is 2. The van der Waals surface area contributed by atoms with Crippen LogP contribution >= 0.6 is 15.9 Å². The molecule has 0 bridgehead atoms. The van der Waals surface area contributed by atoms with Crippen LogP contribution in [0.2, 0.25) is 0 Å². The van der Waals surface area contributed by atoms with Gasteiger partial charge < -0.3 is 10.4 Å². The van der Waals surface area contributed by atoms with Crippen molar-refractivity contribution in [1.29, 1.82) is 0 Å². The number of aliphatic carboxylic acids is 1. The van der Waals surface area contributed by atoms with E-state index >= 15 is 0 Å². The molecule has 6 heteroatoms. The van der Waals surface area contributed by atoms with E-state index in [1.807, 2.05) is 0 Å². The molecule has 0 saturated carbocycles. The molecule has 0 heterocycles. The first-order valence-electron chi connectivity index (χ1n) is 5.79. The zero-order valence-corrected chi connectivity index (χ0v) is 12.2. The highest BCUT2D eigenvalue weighted by atomic mass is 79.9. The SMILES string of the molecule is CC(C)C(CC(=O)O)NC(=O)c1cc(Br)ccc1F. The predicted molar refractivity (Wildman–Crippen MR) is 72.4 cm³/mol. The van der Waals surface area contributed by atoms with Crippen LogP contribution in [0.15, 0.2) is 22.7 Å². The van der Waals surface area contributed by atoms with E-state index < -0.39 is 23.7 Å². The molecule has 0 aliphatic carbocycles. The van der Waals surface area contributed by atoms with Crippen molar-refractivity contribution in [3.63, 3.8) is 0 Å².